The number of piperidine rings is 1. The van der Waals surface area contributed by atoms with Gasteiger partial charge in [0.05, 0.1) is 12.1 Å². The molecule has 0 radical (unpaired) electrons. The molecule has 26 heavy (non-hydrogen) atoms. The van der Waals surface area contributed by atoms with Crippen LogP contribution in [0.4, 0.5) is 0 Å². The van der Waals surface area contributed by atoms with Gasteiger partial charge in [0.1, 0.15) is 5.60 Å². The van der Waals surface area contributed by atoms with E-state index in [1.54, 1.807) is 16.0 Å². The first kappa shape index (κ1) is 16.0. The van der Waals surface area contributed by atoms with E-state index in [0.29, 0.717) is 18.8 Å². The molecule has 6 heteroatoms. The van der Waals surface area contributed by atoms with Crippen LogP contribution >= 0.6 is 11.3 Å². The molecule has 0 atom stereocenters. The largest absolute Gasteiger partial charge is 0.369 e. The summed E-state index contributed by atoms with van der Waals surface area (Å²) in [6, 6.07) is 10.1. The summed E-state index contributed by atoms with van der Waals surface area (Å²) in [5, 5.41) is 7.58. The Balaban J connectivity index is 1.40. The summed E-state index contributed by atoms with van der Waals surface area (Å²) in [4.78, 5) is 16.4. The predicted octanol–water partition coefficient (Wildman–Crippen LogP) is 3.34. The molecule has 1 spiro atoms. The smallest absolute Gasteiger partial charge is 0.275 e. The number of likely N-dealkylation sites (tertiary alicyclic amines) is 1. The van der Waals surface area contributed by atoms with Gasteiger partial charge in [0.25, 0.3) is 5.91 Å². The maximum Gasteiger partial charge on any atom is 0.275 e. The van der Waals surface area contributed by atoms with Crippen LogP contribution in [0.3, 0.4) is 0 Å². The van der Waals surface area contributed by atoms with Crippen LogP contribution in [-0.2, 0) is 23.8 Å². The summed E-state index contributed by atoms with van der Waals surface area (Å²) in [6.07, 6.45) is 2.72. The van der Waals surface area contributed by atoms with Gasteiger partial charge < -0.3 is 9.64 Å². The Morgan fingerprint density at radius 1 is 1.23 bits per heavy atom. The Hall–Kier alpha value is -2.18. The second-order valence-corrected chi connectivity index (χ2v) is 8.07. The monoisotopic (exact) mass is 367 g/mol. The van der Waals surface area contributed by atoms with Crippen molar-refractivity contribution in [1.29, 1.82) is 0 Å². The number of hydrogen-bond donors (Lipinski definition) is 0. The van der Waals surface area contributed by atoms with E-state index in [1.807, 2.05) is 36.2 Å². The maximum atomic E-state index is 13.1. The summed E-state index contributed by atoms with van der Waals surface area (Å²) in [5.74, 6) is 0.0267. The van der Waals surface area contributed by atoms with Gasteiger partial charge in [-0.1, -0.05) is 18.2 Å². The highest BCUT2D eigenvalue weighted by Gasteiger charge is 2.43. The van der Waals surface area contributed by atoms with Crippen molar-refractivity contribution in [2.75, 3.05) is 19.7 Å². The third-order valence-corrected chi connectivity index (χ3v) is 6.87. The third-order valence-electron chi connectivity index (χ3n) is 5.73. The van der Waals surface area contributed by atoms with E-state index in [4.69, 9.17) is 4.74 Å². The number of carbonyl (C=O) groups is 1. The van der Waals surface area contributed by atoms with Crippen LogP contribution in [0.5, 0.6) is 0 Å². The van der Waals surface area contributed by atoms with Crippen molar-refractivity contribution in [2.24, 2.45) is 7.05 Å². The van der Waals surface area contributed by atoms with E-state index in [1.165, 1.54) is 10.4 Å². The van der Waals surface area contributed by atoms with Crippen molar-refractivity contribution in [3.05, 3.63) is 51.8 Å². The van der Waals surface area contributed by atoms with Gasteiger partial charge in [-0.25, -0.2) is 0 Å². The van der Waals surface area contributed by atoms with Gasteiger partial charge in [-0.2, -0.15) is 5.10 Å². The summed E-state index contributed by atoms with van der Waals surface area (Å²) >= 11 is 1.80. The zero-order valence-corrected chi connectivity index (χ0v) is 15.6. The summed E-state index contributed by atoms with van der Waals surface area (Å²) in [6.45, 7) is 2.20. The molecule has 0 unspecified atom stereocenters. The number of rotatable bonds is 1. The fraction of sp³-hybridized carbons (Fsp3) is 0.400. The summed E-state index contributed by atoms with van der Waals surface area (Å²) < 4.78 is 8.04. The van der Waals surface area contributed by atoms with E-state index in [0.717, 1.165) is 36.8 Å². The van der Waals surface area contributed by atoms with Gasteiger partial charge in [0.15, 0.2) is 5.69 Å². The molecular weight excluding hydrogens is 346 g/mol. The fourth-order valence-electron chi connectivity index (χ4n) is 4.32. The van der Waals surface area contributed by atoms with E-state index in [-0.39, 0.29) is 11.5 Å². The first-order chi connectivity index (χ1) is 12.7. The zero-order valence-electron chi connectivity index (χ0n) is 14.8. The Bertz CT molecular complexity index is 982. The minimum Gasteiger partial charge on any atom is -0.369 e. The molecule has 5 rings (SSSR count). The van der Waals surface area contributed by atoms with Gasteiger partial charge >= 0.3 is 0 Å². The number of hydrogen-bond acceptors (Lipinski definition) is 4. The molecule has 4 heterocycles. The highest BCUT2D eigenvalue weighted by molar-refractivity contribution is 7.10. The van der Waals surface area contributed by atoms with Crippen molar-refractivity contribution in [1.82, 2.24) is 14.7 Å². The number of aryl methyl sites for hydroxylation is 1. The van der Waals surface area contributed by atoms with Crippen LogP contribution < -0.4 is 0 Å². The second-order valence-electron chi connectivity index (χ2n) is 7.15. The lowest BCUT2D eigenvalue weighted by Crippen LogP contribution is -2.48. The number of amides is 1. The average molecular weight is 367 g/mol. The predicted molar refractivity (Wildman–Crippen MR) is 102 cm³/mol. The molecule has 2 aliphatic rings. The number of thiophene rings is 1. The van der Waals surface area contributed by atoms with E-state index in [9.17, 15) is 4.79 Å². The van der Waals surface area contributed by atoms with Crippen LogP contribution in [0.2, 0.25) is 0 Å². The second kappa shape index (κ2) is 5.93. The molecule has 0 bridgehead atoms. The molecule has 1 saturated heterocycles. The normalized spacial score (nSPS) is 19.0. The Labute approximate surface area is 156 Å². The molecule has 0 N–H and O–H groups in total. The maximum absolute atomic E-state index is 13.1. The SMILES string of the molecule is Cn1nc(C(=O)N2CCC3(CC2)OCCc2ccsc23)c2ccccc21. The van der Waals surface area contributed by atoms with Gasteiger partial charge in [0, 0.05) is 30.4 Å². The molecule has 1 amide bonds. The van der Waals surface area contributed by atoms with E-state index in [2.05, 4.69) is 16.5 Å². The first-order valence-electron chi connectivity index (χ1n) is 9.10. The van der Waals surface area contributed by atoms with Gasteiger partial charge in [0.2, 0.25) is 0 Å². The third kappa shape index (κ3) is 2.32. The molecule has 3 aromatic rings. The summed E-state index contributed by atoms with van der Waals surface area (Å²) in [7, 11) is 1.89. The molecule has 1 aromatic carbocycles. The number of ether oxygens (including phenoxy) is 1. The van der Waals surface area contributed by atoms with Crippen molar-refractivity contribution >= 4 is 28.1 Å². The minimum atomic E-state index is -0.190. The van der Waals surface area contributed by atoms with Gasteiger partial charge in [-0.15, -0.1) is 11.3 Å². The molecule has 0 saturated carbocycles. The van der Waals surface area contributed by atoms with Crippen LogP contribution in [0.25, 0.3) is 10.9 Å². The van der Waals surface area contributed by atoms with Crippen molar-refractivity contribution in [3.63, 3.8) is 0 Å². The molecule has 5 nitrogen and oxygen atoms in total. The highest BCUT2D eigenvalue weighted by atomic mass is 32.1. The van der Waals surface area contributed by atoms with E-state index >= 15 is 0 Å². The standard InChI is InChI=1S/C20H21N3O2S/c1-22-16-5-3-2-4-15(16)17(21-22)19(24)23-10-8-20(9-11-23)18-14(6-12-25-20)7-13-26-18/h2-5,7,13H,6,8-12H2,1H3. The quantitative estimate of drug-likeness (QED) is 0.663. The summed E-state index contributed by atoms with van der Waals surface area (Å²) in [5.41, 5.74) is 2.78. The van der Waals surface area contributed by atoms with Gasteiger partial charge in [-0.05, 0) is 42.3 Å². The molecule has 0 aliphatic carbocycles. The molecule has 1 fully saturated rings. The lowest BCUT2D eigenvalue weighted by molar-refractivity contribution is -0.0906. The lowest BCUT2D eigenvalue weighted by atomic mass is 9.85. The lowest BCUT2D eigenvalue weighted by Gasteiger charge is -2.43. The number of para-hydroxylation sites is 1. The fourth-order valence-corrected chi connectivity index (χ4v) is 5.49. The topological polar surface area (TPSA) is 47.4 Å². The highest BCUT2D eigenvalue weighted by Crippen LogP contribution is 2.44. The number of nitrogens with zero attached hydrogens (tertiary/aromatic N) is 3. The number of aromatic nitrogens is 2. The zero-order chi connectivity index (χ0) is 17.7. The van der Waals surface area contributed by atoms with E-state index < -0.39 is 0 Å². The number of fused-ring (bicyclic) bond motifs is 3. The van der Waals surface area contributed by atoms with Crippen LogP contribution in [0.1, 0.15) is 33.8 Å². The minimum absolute atomic E-state index is 0.0267. The van der Waals surface area contributed by atoms with Crippen molar-refractivity contribution in [2.45, 2.75) is 24.9 Å². The van der Waals surface area contributed by atoms with Crippen LogP contribution in [0, 0.1) is 0 Å². The number of benzene rings is 1. The van der Waals surface area contributed by atoms with Crippen LogP contribution in [-0.4, -0.2) is 40.3 Å². The molecule has 2 aliphatic heterocycles. The van der Waals surface area contributed by atoms with Crippen LogP contribution in [0.15, 0.2) is 35.7 Å². The Kier molecular flexibility index (Phi) is 3.65. The molecular formula is C20H21N3O2S. The Morgan fingerprint density at radius 2 is 2.04 bits per heavy atom. The Morgan fingerprint density at radius 3 is 2.88 bits per heavy atom. The van der Waals surface area contributed by atoms with Crippen molar-refractivity contribution in [3.8, 4) is 0 Å². The molecule has 2 aromatic heterocycles. The van der Waals surface area contributed by atoms with Gasteiger partial charge in [-0.3, -0.25) is 9.48 Å². The number of carbonyl (C=O) groups excluding carboxylic acids is 1. The molecule has 134 valence electrons. The van der Waals surface area contributed by atoms with Crippen molar-refractivity contribution < 1.29 is 9.53 Å². The first-order valence-corrected chi connectivity index (χ1v) is 9.98. The average Bonchev–Trinajstić information content (AvgIpc) is 3.28.